The average Bonchev–Trinajstić information content (AvgIpc) is 2.47. The van der Waals surface area contributed by atoms with Gasteiger partial charge in [0.25, 0.3) is 0 Å². The van der Waals surface area contributed by atoms with E-state index in [0.717, 1.165) is 5.56 Å². The van der Waals surface area contributed by atoms with Crippen LogP contribution in [-0.4, -0.2) is 9.78 Å². The van der Waals surface area contributed by atoms with Crippen LogP contribution in [0.15, 0.2) is 34.7 Å². The Hall–Kier alpha value is -1.36. The van der Waals surface area contributed by atoms with E-state index >= 15 is 0 Å². The normalized spacial score (nSPS) is 9.67. The van der Waals surface area contributed by atoms with Gasteiger partial charge in [0.15, 0.2) is 0 Å². The molecule has 0 saturated heterocycles. The Morgan fingerprint density at radius 3 is 2.53 bits per heavy atom. The second kappa shape index (κ2) is 4.93. The summed E-state index contributed by atoms with van der Waals surface area (Å²) in [6.07, 6.45) is 0. The predicted molar refractivity (Wildman–Crippen MR) is 61.0 cm³/mol. The van der Waals surface area contributed by atoms with Crippen LogP contribution in [0.25, 0.3) is 0 Å². The van der Waals surface area contributed by atoms with Gasteiger partial charge in [-0.2, -0.15) is 0 Å². The van der Waals surface area contributed by atoms with Crippen LogP contribution < -0.4 is 5.68 Å². The quantitative estimate of drug-likeness (QED) is 0.906. The molecule has 1 N–H and O–H groups in total. The van der Waals surface area contributed by atoms with Crippen molar-refractivity contribution in [3.05, 3.63) is 47.5 Å². The lowest BCUT2D eigenvalue weighted by molar-refractivity contribution is 0.440. The molecule has 15 heavy (non-hydrogen) atoms. The van der Waals surface area contributed by atoms with Gasteiger partial charge in [-0.15, -0.1) is 22.1 Å². The fourth-order valence-corrected chi connectivity index (χ4v) is 1.29. The van der Waals surface area contributed by atoms with Gasteiger partial charge < -0.3 is 4.42 Å². The summed E-state index contributed by atoms with van der Waals surface area (Å²) in [6, 6.07) is 9.88. The predicted octanol–water partition coefficient (Wildman–Crippen LogP) is 1.89. The van der Waals surface area contributed by atoms with Gasteiger partial charge in [-0.3, -0.25) is 0 Å². The Morgan fingerprint density at radius 1 is 1.33 bits per heavy atom. The maximum absolute atomic E-state index is 7.47. The molecule has 0 aliphatic heterocycles. The van der Waals surface area contributed by atoms with Gasteiger partial charge in [-0.1, -0.05) is 30.3 Å². The monoisotopic (exact) mass is 269 g/mol. The zero-order valence-electron chi connectivity index (χ0n) is 8.30. The van der Waals surface area contributed by atoms with Gasteiger partial charge in [0.1, 0.15) is 0 Å². The van der Waals surface area contributed by atoms with Crippen molar-refractivity contribution >= 4 is 17.0 Å². The van der Waals surface area contributed by atoms with E-state index in [0.29, 0.717) is 12.4 Å². The summed E-state index contributed by atoms with van der Waals surface area (Å²) in [5, 5.41) is 11.5. The van der Waals surface area contributed by atoms with E-state index in [2.05, 4.69) is 5.10 Å². The molecule has 0 atom stereocenters. The maximum atomic E-state index is 7.47. The third-order valence-electron chi connectivity index (χ3n) is 1.92. The molecule has 0 spiro atoms. The summed E-state index contributed by atoms with van der Waals surface area (Å²) >= 11 is 0. The molecule has 0 fully saturated rings. The van der Waals surface area contributed by atoms with E-state index in [1.54, 1.807) is 6.92 Å². The van der Waals surface area contributed by atoms with Crippen molar-refractivity contribution in [3.8, 4) is 0 Å². The first-order chi connectivity index (χ1) is 6.75. The highest BCUT2D eigenvalue weighted by Crippen LogP contribution is 1.99. The van der Waals surface area contributed by atoms with Crippen molar-refractivity contribution < 1.29 is 4.42 Å². The molecule has 0 aliphatic carbocycles. The number of hydrogen-bond donors (Lipinski definition) is 1. The van der Waals surface area contributed by atoms with Gasteiger partial charge in [0, 0.05) is 6.92 Å². The molecule has 2 rings (SSSR count). The molecular formula is C10H12BrN3O. The van der Waals surface area contributed by atoms with Crippen molar-refractivity contribution in [1.29, 1.82) is 5.41 Å². The third-order valence-corrected chi connectivity index (χ3v) is 1.92. The minimum absolute atomic E-state index is 0. The zero-order chi connectivity index (χ0) is 9.97. The number of nitrogens with one attached hydrogen (secondary N) is 1. The summed E-state index contributed by atoms with van der Waals surface area (Å²) in [7, 11) is 0. The maximum Gasteiger partial charge on any atom is 0.312 e. The first kappa shape index (κ1) is 11.7. The van der Waals surface area contributed by atoms with Crippen LogP contribution in [0.2, 0.25) is 0 Å². The number of hydrogen-bond acceptors (Lipinski definition) is 3. The number of halogens is 1. The number of rotatable bonds is 2. The van der Waals surface area contributed by atoms with Gasteiger partial charge in [0.2, 0.25) is 5.89 Å². The fourth-order valence-electron chi connectivity index (χ4n) is 1.29. The molecular weight excluding hydrogens is 258 g/mol. The van der Waals surface area contributed by atoms with Crippen molar-refractivity contribution in [2.45, 2.75) is 13.5 Å². The van der Waals surface area contributed by atoms with Crippen LogP contribution in [0.3, 0.4) is 0 Å². The number of nitrogens with zero attached hydrogens (tertiary/aromatic N) is 2. The van der Waals surface area contributed by atoms with Gasteiger partial charge in [-0.25, -0.2) is 10.1 Å². The first-order valence-electron chi connectivity index (χ1n) is 4.39. The molecule has 5 heteroatoms. The molecule has 1 aromatic carbocycles. The van der Waals surface area contributed by atoms with Crippen LogP contribution in [0.4, 0.5) is 0 Å². The van der Waals surface area contributed by atoms with Crippen LogP contribution in [0.5, 0.6) is 0 Å². The van der Waals surface area contributed by atoms with Crippen LogP contribution >= 0.6 is 17.0 Å². The summed E-state index contributed by atoms with van der Waals surface area (Å²) in [4.78, 5) is 0. The highest BCUT2D eigenvalue weighted by Gasteiger charge is 2.01. The first-order valence-corrected chi connectivity index (χ1v) is 4.39. The largest absolute Gasteiger partial charge is 0.409 e. The van der Waals surface area contributed by atoms with E-state index in [1.165, 1.54) is 4.68 Å². The molecule has 0 saturated carbocycles. The van der Waals surface area contributed by atoms with E-state index in [-0.39, 0.29) is 22.7 Å². The Balaban J connectivity index is 0.00000112. The van der Waals surface area contributed by atoms with Gasteiger partial charge >= 0.3 is 5.68 Å². The van der Waals surface area contributed by atoms with Crippen LogP contribution in [0.1, 0.15) is 11.5 Å². The minimum Gasteiger partial charge on any atom is -0.409 e. The fraction of sp³-hybridized carbons (Fsp3) is 0.200. The lowest BCUT2D eigenvalue weighted by Crippen LogP contribution is -2.16. The summed E-state index contributed by atoms with van der Waals surface area (Å²) < 4.78 is 6.54. The second-order valence-electron chi connectivity index (χ2n) is 3.07. The smallest absolute Gasteiger partial charge is 0.312 e. The number of aromatic nitrogens is 2. The summed E-state index contributed by atoms with van der Waals surface area (Å²) in [5.74, 6) is 0.519. The van der Waals surface area contributed by atoms with Crippen molar-refractivity contribution in [1.82, 2.24) is 9.78 Å². The lowest BCUT2D eigenvalue weighted by Gasteiger charge is -1.98. The highest BCUT2D eigenvalue weighted by molar-refractivity contribution is 8.93. The minimum atomic E-state index is 0. The van der Waals surface area contributed by atoms with Gasteiger partial charge in [-0.05, 0) is 5.56 Å². The van der Waals surface area contributed by atoms with Crippen molar-refractivity contribution in [2.75, 3.05) is 0 Å². The van der Waals surface area contributed by atoms with Crippen LogP contribution in [-0.2, 0) is 6.54 Å². The van der Waals surface area contributed by atoms with Crippen LogP contribution in [0, 0.1) is 12.3 Å². The molecule has 80 valence electrons. The zero-order valence-corrected chi connectivity index (χ0v) is 10.0. The second-order valence-corrected chi connectivity index (χ2v) is 3.07. The molecule has 1 heterocycles. The SMILES string of the molecule is Br.Cc1nn(Cc2ccccc2)c(=N)o1. The molecule has 0 aliphatic rings. The Kier molecular flexibility index (Phi) is 3.85. The molecule has 4 nitrogen and oxygen atoms in total. The lowest BCUT2D eigenvalue weighted by atomic mass is 10.2. The molecule has 0 bridgehead atoms. The summed E-state index contributed by atoms with van der Waals surface area (Å²) in [5.41, 5.74) is 1.20. The van der Waals surface area contributed by atoms with E-state index in [4.69, 9.17) is 9.83 Å². The molecule has 0 unspecified atom stereocenters. The molecule has 2 aromatic rings. The topological polar surface area (TPSA) is 54.8 Å². The highest BCUT2D eigenvalue weighted by atomic mass is 79.9. The van der Waals surface area contributed by atoms with E-state index in [1.807, 2.05) is 30.3 Å². The Labute approximate surface area is 97.8 Å². The van der Waals surface area contributed by atoms with Crippen molar-refractivity contribution in [3.63, 3.8) is 0 Å². The third kappa shape index (κ3) is 2.79. The van der Waals surface area contributed by atoms with Gasteiger partial charge in [0.05, 0.1) is 6.54 Å². The molecule has 1 aromatic heterocycles. The summed E-state index contributed by atoms with van der Waals surface area (Å²) in [6.45, 7) is 2.32. The Morgan fingerprint density at radius 2 is 2.00 bits per heavy atom. The van der Waals surface area contributed by atoms with E-state index in [9.17, 15) is 0 Å². The number of benzene rings is 1. The van der Waals surface area contributed by atoms with E-state index < -0.39 is 0 Å². The molecule has 0 amide bonds. The molecule has 0 radical (unpaired) electrons. The Bertz CT molecular complexity index is 475. The number of aryl methyl sites for hydroxylation is 1. The standard InChI is InChI=1S/C10H11N3O.BrH/c1-8-12-13(10(11)14-8)7-9-5-3-2-4-6-9;/h2-6,11H,7H2,1H3;1H. The van der Waals surface area contributed by atoms with Crippen molar-refractivity contribution in [2.24, 2.45) is 0 Å². The average molecular weight is 270 g/mol.